The van der Waals surface area contributed by atoms with Crippen molar-refractivity contribution in [2.45, 2.75) is 13.3 Å². The second-order valence-corrected chi connectivity index (χ2v) is 3.01. The Labute approximate surface area is 87.3 Å². The molecule has 0 saturated carbocycles. The number of hydrogen-bond donors (Lipinski definition) is 1. The van der Waals surface area contributed by atoms with E-state index < -0.39 is 5.97 Å². The summed E-state index contributed by atoms with van der Waals surface area (Å²) in [5, 5.41) is 8.51. The van der Waals surface area contributed by atoms with Crippen LogP contribution in [-0.4, -0.2) is 35.0 Å². The smallest absolute Gasteiger partial charge is 0.305 e. The van der Waals surface area contributed by atoms with E-state index in [-0.39, 0.29) is 24.6 Å². The number of carbonyl (C=O) groups is 2. The number of carboxylic acid groups (broad SMARTS) is 1. The third-order valence-electron chi connectivity index (χ3n) is 2.00. The van der Waals surface area contributed by atoms with E-state index in [9.17, 15) is 9.59 Å². The number of aliphatic carboxylic acids is 1. The fraction of sp³-hybridized carbons (Fsp3) is 0.400. The van der Waals surface area contributed by atoms with Gasteiger partial charge in [-0.1, -0.05) is 0 Å². The molecule has 0 atom stereocenters. The molecule has 0 aliphatic rings. The Bertz CT molecular complexity index is 331. The lowest BCUT2D eigenvalue weighted by Gasteiger charge is -2.18. The third kappa shape index (κ3) is 3.12. The van der Waals surface area contributed by atoms with Gasteiger partial charge in [-0.3, -0.25) is 9.59 Å². The highest BCUT2D eigenvalue weighted by Gasteiger charge is 2.16. The summed E-state index contributed by atoms with van der Waals surface area (Å²) in [6.07, 6.45) is 1.36. The summed E-state index contributed by atoms with van der Waals surface area (Å²) in [6, 6.07) is 3.18. The molecule has 82 valence electrons. The van der Waals surface area contributed by atoms with E-state index in [1.807, 2.05) is 0 Å². The SMILES string of the molecule is CCN(CCC(=O)O)C(=O)c1ccco1. The van der Waals surface area contributed by atoms with Crippen LogP contribution < -0.4 is 0 Å². The van der Waals surface area contributed by atoms with Gasteiger partial charge in [-0.05, 0) is 19.1 Å². The molecule has 1 aromatic rings. The topological polar surface area (TPSA) is 70.8 Å². The zero-order valence-corrected chi connectivity index (χ0v) is 8.47. The minimum absolute atomic E-state index is 0.0553. The first-order valence-corrected chi connectivity index (χ1v) is 4.69. The molecule has 0 radical (unpaired) electrons. The van der Waals surface area contributed by atoms with Crippen LogP contribution in [0.4, 0.5) is 0 Å². The van der Waals surface area contributed by atoms with Crippen molar-refractivity contribution in [3.63, 3.8) is 0 Å². The van der Waals surface area contributed by atoms with E-state index in [2.05, 4.69) is 0 Å². The van der Waals surface area contributed by atoms with Crippen molar-refractivity contribution in [3.05, 3.63) is 24.2 Å². The predicted octanol–water partition coefficient (Wildman–Crippen LogP) is 1.22. The molecule has 0 aliphatic carbocycles. The molecule has 0 aliphatic heterocycles. The molecule has 5 nitrogen and oxygen atoms in total. The molecule has 1 aromatic heterocycles. The van der Waals surface area contributed by atoms with Gasteiger partial charge in [0, 0.05) is 13.1 Å². The van der Waals surface area contributed by atoms with Gasteiger partial charge in [0.2, 0.25) is 0 Å². The molecular weight excluding hydrogens is 198 g/mol. The van der Waals surface area contributed by atoms with E-state index in [0.717, 1.165) is 0 Å². The van der Waals surface area contributed by atoms with Crippen LogP contribution in [-0.2, 0) is 4.79 Å². The first-order valence-electron chi connectivity index (χ1n) is 4.69. The van der Waals surface area contributed by atoms with Crippen molar-refractivity contribution >= 4 is 11.9 Å². The number of furan rings is 1. The van der Waals surface area contributed by atoms with Gasteiger partial charge in [-0.25, -0.2) is 0 Å². The Balaban J connectivity index is 2.59. The second-order valence-electron chi connectivity index (χ2n) is 3.01. The van der Waals surface area contributed by atoms with Crippen LogP contribution in [0.1, 0.15) is 23.9 Å². The standard InChI is InChI=1S/C10H13NO4/c1-2-11(6-5-9(12)13)10(14)8-4-3-7-15-8/h3-4,7H,2,5-6H2,1H3,(H,12,13). The van der Waals surface area contributed by atoms with Gasteiger partial charge in [-0.15, -0.1) is 0 Å². The Hall–Kier alpha value is -1.78. The van der Waals surface area contributed by atoms with E-state index in [0.29, 0.717) is 6.54 Å². The minimum atomic E-state index is -0.916. The highest BCUT2D eigenvalue weighted by Crippen LogP contribution is 2.05. The first-order chi connectivity index (χ1) is 7.15. The van der Waals surface area contributed by atoms with Gasteiger partial charge in [0.15, 0.2) is 5.76 Å². The van der Waals surface area contributed by atoms with Crippen molar-refractivity contribution in [2.75, 3.05) is 13.1 Å². The van der Waals surface area contributed by atoms with E-state index in [1.165, 1.54) is 11.2 Å². The fourth-order valence-corrected chi connectivity index (χ4v) is 1.19. The number of hydrogen-bond acceptors (Lipinski definition) is 3. The highest BCUT2D eigenvalue weighted by molar-refractivity contribution is 5.91. The molecule has 1 N–H and O–H groups in total. The molecule has 0 spiro atoms. The van der Waals surface area contributed by atoms with Crippen LogP contribution in [0.2, 0.25) is 0 Å². The lowest BCUT2D eigenvalue weighted by Crippen LogP contribution is -2.32. The van der Waals surface area contributed by atoms with Gasteiger partial charge in [0.1, 0.15) is 0 Å². The Morgan fingerprint density at radius 2 is 2.27 bits per heavy atom. The van der Waals surface area contributed by atoms with Crippen LogP contribution >= 0.6 is 0 Å². The fourth-order valence-electron chi connectivity index (χ4n) is 1.19. The van der Waals surface area contributed by atoms with Gasteiger partial charge in [-0.2, -0.15) is 0 Å². The largest absolute Gasteiger partial charge is 0.481 e. The quantitative estimate of drug-likeness (QED) is 0.794. The van der Waals surface area contributed by atoms with Crippen molar-refractivity contribution in [1.82, 2.24) is 4.90 Å². The van der Waals surface area contributed by atoms with E-state index in [4.69, 9.17) is 9.52 Å². The molecule has 15 heavy (non-hydrogen) atoms. The van der Waals surface area contributed by atoms with Gasteiger partial charge >= 0.3 is 5.97 Å². The molecular formula is C10H13NO4. The van der Waals surface area contributed by atoms with Crippen molar-refractivity contribution in [3.8, 4) is 0 Å². The first kappa shape index (κ1) is 11.3. The van der Waals surface area contributed by atoms with Gasteiger partial charge in [0.25, 0.3) is 5.91 Å². The Morgan fingerprint density at radius 3 is 2.73 bits per heavy atom. The number of carboxylic acids is 1. The summed E-state index contributed by atoms with van der Waals surface area (Å²) in [5.74, 6) is -0.952. The van der Waals surface area contributed by atoms with Gasteiger partial charge < -0.3 is 14.4 Å². The average molecular weight is 211 g/mol. The van der Waals surface area contributed by atoms with E-state index >= 15 is 0 Å². The summed E-state index contributed by atoms with van der Waals surface area (Å²) in [7, 11) is 0. The maximum Gasteiger partial charge on any atom is 0.305 e. The number of amides is 1. The molecule has 0 bridgehead atoms. The van der Waals surface area contributed by atoms with Gasteiger partial charge in [0.05, 0.1) is 12.7 Å². The molecule has 1 amide bonds. The maximum absolute atomic E-state index is 11.7. The minimum Gasteiger partial charge on any atom is -0.481 e. The molecule has 0 fully saturated rings. The number of nitrogens with zero attached hydrogens (tertiary/aromatic N) is 1. The maximum atomic E-state index is 11.7. The summed E-state index contributed by atoms with van der Waals surface area (Å²) in [5.41, 5.74) is 0. The Kier molecular flexibility index (Phi) is 3.91. The zero-order chi connectivity index (χ0) is 11.3. The van der Waals surface area contributed by atoms with Crippen LogP contribution in [0.5, 0.6) is 0 Å². The highest BCUT2D eigenvalue weighted by atomic mass is 16.4. The molecule has 0 saturated heterocycles. The second kappa shape index (κ2) is 5.19. The lowest BCUT2D eigenvalue weighted by atomic mass is 10.3. The summed E-state index contributed by atoms with van der Waals surface area (Å²) in [4.78, 5) is 23.5. The number of carbonyl (C=O) groups excluding carboxylic acids is 1. The van der Waals surface area contributed by atoms with E-state index in [1.54, 1.807) is 19.1 Å². The molecule has 0 unspecified atom stereocenters. The molecule has 1 rings (SSSR count). The average Bonchev–Trinajstić information content (AvgIpc) is 2.70. The van der Waals surface area contributed by atoms with Crippen molar-refractivity contribution in [1.29, 1.82) is 0 Å². The predicted molar refractivity (Wildman–Crippen MR) is 52.5 cm³/mol. The summed E-state index contributed by atoms with van der Waals surface area (Å²) >= 11 is 0. The molecule has 5 heteroatoms. The normalized spacial score (nSPS) is 9.93. The van der Waals surface area contributed by atoms with Crippen LogP contribution in [0.25, 0.3) is 0 Å². The van der Waals surface area contributed by atoms with Crippen LogP contribution in [0, 0.1) is 0 Å². The van der Waals surface area contributed by atoms with Crippen LogP contribution in [0.3, 0.4) is 0 Å². The summed E-state index contributed by atoms with van der Waals surface area (Å²) < 4.78 is 4.95. The third-order valence-corrected chi connectivity index (χ3v) is 2.00. The molecule has 1 heterocycles. The Morgan fingerprint density at radius 1 is 1.53 bits per heavy atom. The molecule has 0 aromatic carbocycles. The van der Waals surface area contributed by atoms with Crippen molar-refractivity contribution < 1.29 is 19.1 Å². The summed E-state index contributed by atoms with van der Waals surface area (Å²) in [6.45, 7) is 2.46. The van der Waals surface area contributed by atoms with Crippen molar-refractivity contribution in [2.24, 2.45) is 0 Å². The lowest BCUT2D eigenvalue weighted by molar-refractivity contribution is -0.137. The monoisotopic (exact) mass is 211 g/mol. The zero-order valence-electron chi connectivity index (χ0n) is 8.47. The van der Waals surface area contributed by atoms with Crippen LogP contribution in [0.15, 0.2) is 22.8 Å². The number of rotatable bonds is 5.